The Morgan fingerprint density at radius 1 is 1.00 bits per heavy atom. The average molecular weight is 284 g/mol. The fourth-order valence-electron chi connectivity index (χ4n) is 2.10. The molecule has 4 nitrogen and oxygen atoms in total. The van der Waals surface area contributed by atoms with Crippen LogP contribution in [0.15, 0.2) is 60.7 Å². The maximum absolute atomic E-state index is 12.0. The lowest BCUT2D eigenvalue weighted by Crippen LogP contribution is -2.32. The van der Waals surface area contributed by atoms with E-state index in [-0.39, 0.29) is 18.6 Å². The van der Waals surface area contributed by atoms with Gasteiger partial charge >= 0.3 is 0 Å². The molecule has 0 unspecified atom stereocenters. The Labute approximate surface area is 124 Å². The van der Waals surface area contributed by atoms with Crippen LogP contribution in [0, 0.1) is 0 Å². The van der Waals surface area contributed by atoms with Crippen molar-refractivity contribution in [1.29, 1.82) is 0 Å². The summed E-state index contributed by atoms with van der Waals surface area (Å²) in [4.78, 5) is 12.0. The second kappa shape index (κ2) is 8.19. The monoisotopic (exact) mass is 284 g/mol. The highest BCUT2D eigenvalue weighted by Crippen LogP contribution is 2.21. The summed E-state index contributed by atoms with van der Waals surface area (Å²) in [5, 5.41) is 3.00. The maximum Gasteiger partial charge on any atom is 0.246 e. The Bertz CT molecular complexity index is 504. The first kappa shape index (κ1) is 15.2. The van der Waals surface area contributed by atoms with Crippen LogP contribution >= 0.6 is 0 Å². The first-order chi connectivity index (χ1) is 10.3. The lowest BCUT2D eigenvalue weighted by molar-refractivity contribution is -0.126. The summed E-state index contributed by atoms with van der Waals surface area (Å²) in [5.41, 5.74) is 7.42. The van der Waals surface area contributed by atoms with Gasteiger partial charge in [0.15, 0.2) is 0 Å². The predicted octanol–water partition coefficient (Wildman–Crippen LogP) is 1.87. The zero-order chi connectivity index (χ0) is 14.9. The molecule has 0 saturated heterocycles. The van der Waals surface area contributed by atoms with Crippen molar-refractivity contribution in [2.45, 2.75) is 6.04 Å². The Balaban J connectivity index is 2.12. The van der Waals surface area contributed by atoms with Gasteiger partial charge in [-0.3, -0.25) is 4.79 Å². The van der Waals surface area contributed by atoms with Crippen LogP contribution in [0.1, 0.15) is 17.2 Å². The Hall–Kier alpha value is -2.17. The molecule has 0 spiro atoms. The molecule has 0 atom stereocenters. The number of amides is 1. The molecule has 2 aromatic rings. The Morgan fingerprint density at radius 2 is 1.52 bits per heavy atom. The van der Waals surface area contributed by atoms with Crippen molar-refractivity contribution in [2.24, 2.45) is 5.73 Å². The summed E-state index contributed by atoms with van der Waals surface area (Å²) >= 11 is 0. The van der Waals surface area contributed by atoms with Gasteiger partial charge in [-0.1, -0.05) is 60.7 Å². The Morgan fingerprint density at radius 3 is 2.00 bits per heavy atom. The van der Waals surface area contributed by atoms with Crippen molar-refractivity contribution < 1.29 is 9.53 Å². The highest BCUT2D eigenvalue weighted by molar-refractivity contribution is 5.78. The van der Waals surface area contributed by atoms with E-state index in [0.29, 0.717) is 13.2 Å². The van der Waals surface area contributed by atoms with Gasteiger partial charge in [-0.05, 0) is 11.1 Å². The molecule has 2 rings (SSSR count). The molecule has 0 fully saturated rings. The van der Waals surface area contributed by atoms with Crippen LogP contribution in [0.3, 0.4) is 0 Å². The summed E-state index contributed by atoms with van der Waals surface area (Å²) in [6.45, 7) is 0.816. The van der Waals surface area contributed by atoms with Crippen LogP contribution in [-0.4, -0.2) is 25.7 Å². The molecule has 0 saturated carbocycles. The van der Waals surface area contributed by atoms with Gasteiger partial charge in [-0.2, -0.15) is 0 Å². The third-order valence-electron chi connectivity index (χ3n) is 3.07. The third-order valence-corrected chi connectivity index (χ3v) is 3.07. The van der Waals surface area contributed by atoms with E-state index in [0.717, 1.165) is 11.1 Å². The minimum Gasteiger partial charge on any atom is -0.370 e. The van der Waals surface area contributed by atoms with Gasteiger partial charge in [0.1, 0.15) is 6.61 Å². The van der Waals surface area contributed by atoms with E-state index < -0.39 is 0 Å². The smallest absolute Gasteiger partial charge is 0.246 e. The number of ether oxygens (including phenoxy) is 1. The zero-order valence-electron chi connectivity index (χ0n) is 11.9. The first-order valence-electron chi connectivity index (χ1n) is 6.98. The van der Waals surface area contributed by atoms with Crippen molar-refractivity contribution in [3.63, 3.8) is 0 Å². The highest BCUT2D eigenvalue weighted by atomic mass is 16.5. The maximum atomic E-state index is 12.0. The average Bonchev–Trinajstić information content (AvgIpc) is 2.54. The fraction of sp³-hybridized carbons (Fsp3) is 0.235. The van der Waals surface area contributed by atoms with Crippen molar-refractivity contribution in [3.05, 3.63) is 71.8 Å². The fourth-order valence-corrected chi connectivity index (χ4v) is 2.10. The molecule has 0 aliphatic rings. The van der Waals surface area contributed by atoms with Crippen molar-refractivity contribution in [3.8, 4) is 0 Å². The quantitative estimate of drug-likeness (QED) is 0.763. The van der Waals surface area contributed by atoms with E-state index in [1.54, 1.807) is 0 Å². The normalized spacial score (nSPS) is 10.6. The number of hydrogen-bond acceptors (Lipinski definition) is 3. The van der Waals surface area contributed by atoms with Gasteiger partial charge in [-0.25, -0.2) is 0 Å². The molecule has 0 aliphatic carbocycles. The number of nitrogens with two attached hydrogens (primary N) is 1. The van der Waals surface area contributed by atoms with Gasteiger partial charge in [-0.15, -0.1) is 0 Å². The highest BCUT2D eigenvalue weighted by Gasteiger charge is 2.16. The first-order valence-corrected chi connectivity index (χ1v) is 6.98. The number of carbonyl (C=O) groups is 1. The minimum atomic E-state index is -0.179. The molecule has 0 aliphatic heterocycles. The van der Waals surface area contributed by atoms with Crippen LogP contribution in [0.4, 0.5) is 0 Å². The minimum absolute atomic E-state index is 0.0212. The van der Waals surface area contributed by atoms with E-state index in [1.165, 1.54) is 0 Å². The SMILES string of the molecule is NCCOCC(=O)NC(c1ccccc1)c1ccccc1. The molecular formula is C17H20N2O2. The summed E-state index contributed by atoms with van der Waals surface area (Å²) < 4.78 is 5.18. The molecule has 0 aromatic heterocycles. The third kappa shape index (κ3) is 4.70. The van der Waals surface area contributed by atoms with Gasteiger partial charge in [0.25, 0.3) is 0 Å². The van der Waals surface area contributed by atoms with Crippen LogP contribution in [-0.2, 0) is 9.53 Å². The number of hydrogen-bond donors (Lipinski definition) is 2. The lowest BCUT2D eigenvalue weighted by atomic mass is 9.99. The number of nitrogens with one attached hydrogen (secondary N) is 1. The van der Waals surface area contributed by atoms with E-state index in [2.05, 4.69) is 5.32 Å². The molecule has 0 bridgehead atoms. The molecular weight excluding hydrogens is 264 g/mol. The summed E-state index contributed by atoms with van der Waals surface area (Å²) in [6.07, 6.45) is 0. The molecule has 0 radical (unpaired) electrons. The topological polar surface area (TPSA) is 64.3 Å². The van der Waals surface area contributed by atoms with Crippen LogP contribution in [0.5, 0.6) is 0 Å². The zero-order valence-corrected chi connectivity index (χ0v) is 11.9. The van der Waals surface area contributed by atoms with Crippen molar-refractivity contribution in [1.82, 2.24) is 5.32 Å². The van der Waals surface area contributed by atoms with E-state index in [1.807, 2.05) is 60.7 Å². The largest absolute Gasteiger partial charge is 0.370 e. The number of benzene rings is 2. The van der Waals surface area contributed by atoms with Crippen LogP contribution in [0.25, 0.3) is 0 Å². The predicted molar refractivity (Wildman–Crippen MR) is 82.7 cm³/mol. The van der Waals surface area contributed by atoms with E-state index >= 15 is 0 Å². The second-order valence-electron chi connectivity index (χ2n) is 4.66. The summed E-state index contributed by atoms with van der Waals surface area (Å²) in [6, 6.07) is 19.6. The molecule has 0 heterocycles. The lowest BCUT2D eigenvalue weighted by Gasteiger charge is -2.20. The Kier molecular flexibility index (Phi) is 5.94. The van der Waals surface area contributed by atoms with E-state index in [4.69, 9.17) is 10.5 Å². The van der Waals surface area contributed by atoms with E-state index in [9.17, 15) is 4.79 Å². The summed E-state index contributed by atoms with van der Waals surface area (Å²) in [7, 11) is 0. The van der Waals surface area contributed by atoms with Crippen molar-refractivity contribution in [2.75, 3.05) is 19.8 Å². The molecule has 3 N–H and O–H groups in total. The molecule has 110 valence electrons. The molecule has 21 heavy (non-hydrogen) atoms. The van der Waals surface area contributed by atoms with Crippen LogP contribution in [0.2, 0.25) is 0 Å². The van der Waals surface area contributed by atoms with Gasteiger partial charge in [0.05, 0.1) is 12.6 Å². The van der Waals surface area contributed by atoms with Gasteiger partial charge in [0.2, 0.25) is 5.91 Å². The van der Waals surface area contributed by atoms with Gasteiger partial charge < -0.3 is 15.8 Å². The molecule has 2 aromatic carbocycles. The second-order valence-corrected chi connectivity index (χ2v) is 4.66. The van der Waals surface area contributed by atoms with Crippen molar-refractivity contribution >= 4 is 5.91 Å². The number of rotatable bonds is 7. The number of carbonyl (C=O) groups excluding carboxylic acids is 1. The van der Waals surface area contributed by atoms with Crippen LogP contribution < -0.4 is 11.1 Å². The standard InChI is InChI=1S/C17H20N2O2/c18-11-12-21-13-16(20)19-17(14-7-3-1-4-8-14)15-9-5-2-6-10-15/h1-10,17H,11-13,18H2,(H,19,20). The molecule has 1 amide bonds. The van der Waals surface area contributed by atoms with Gasteiger partial charge in [0, 0.05) is 6.54 Å². The summed E-state index contributed by atoms with van der Waals surface area (Å²) in [5.74, 6) is -0.152. The molecule has 4 heteroatoms.